The molecule has 0 spiro atoms. The molecule has 1 saturated carbocycles. The molecule has 1 heterocycles. The van der Waals surface area contributed by atoms with Gasteiger partial charge in [0, 0.05) is 30.6 Å². The van der Waals surface area contributed by atoms with Gasteiger partial charge in [-0.3, -0.25) is 9.59 Å². The second-order valence-corrected chi connectivity index (χ2v) is 9.37. The minimum atomic E-state index is -0.835. The Morgan fingerprint density at radius 1 is 1.03 bits per heavy atom. The van der Waals surface area contributed by atoms with Crippen LogP contribution in [0.15, 0.2) is 36.4 Å². The first-order chi connectivity index (χ1) is 16.8. The molecule has 35 heavy (non-hydrogen) atoms. The van der Waals surface area contributed by atoms with Crippen molar-refractivity contribution in [3.05, 3.63) is 47.5 Å². The van der Waals surface area contributed by atoms with Gasteiger partial charge >= 0.3 is 0 Å². The molecule has 3 unspecified atom stereocenters. The fraction of sp³-hybridized carbons (Fsp3) is 0.481. The van der Waals surface area contributed by atoms with Crippen LogP contribution in [0.4, 0.5) is 5.69 Å². The van der Waals surface area contributed by atoms with Gasteiger partial charge in [-0.25, -0.2) is 0 Å². The lowest BCUT2D eigenvalue weighted by molar-refractivity contribution is -0.115. The normalized spacial score (nSPS) is 23.7. The maximum atomic E-state index is 13.9. The molecule has 2 aliphatic rings. The van der Waals surface area contributed by atoms with Crippen molar-refractivity contribution >= 4 is 17.5 Å². The Labute approximate surface area is 206 Å². The third kappa shape index (κ3) is 4.80. The first-order valence-corrected chi connectivity index (χ1v) is 12.0. The van der Waals surface area contributed by atoms with Gasteiger partial charge in [-0.1, -0.05) is 18.9 Å². The number of piperidine rings is 1. The van der Waals surface area contributed by atoms with Crippen molar-refractivity contribution in [3.63, 3.8) is 0 Å². The van der Waals surface area contributed by atoms with E-state index in [2.05, 4.69) is 5.32 Å². The number of hydrogen-bond acceptors (Lipinski definition) is 6. The molecule has 1 aliphatic heterocycles. The number of anilines is 1. The summed E-state index contributed by atoms with van der Waals surface area (Å²) in [5.74, 6) is 1.02. The zero-order chi connectivity index (χ0) is 25.2. The number of aliphatic hydroxyl groups is 1. The molecule has 188 valence electrons. The van der Waals surface area contributed by atoms with Crippen molar-refractivity contribution in [2.45, 2.75) is 50.7 Å². The highest BCUT2D eigenvalue weighted by atomic mass is 16.5. The monoisotopic (exact) mass is 482 g/mol. The standard InChI is InChI=1S/C27H34N2O6/c1-17(30)28-20-9-7-8-18(14-20)26(31)29-13-12-27(32)11-6-5-10-21(27)24(29)19-15-22(33-2)25(35-4)23(16-19)34-3/h7-9,14-16,21,24,32H,5-6,10-13H2,1-4H3,(H,28,30). The summed E-state index contributed by atoms with van der Waals surface area (Å²) in [6, 6.07) is 10.3. The predicted octanol–water partition coefficient (Wildman–Crippen LogP) is 4.18. The molecule has 0 bridgehead atoms. The quantitative estimate of drug-likeness (QED) is 0.641. The van der Waals surface area contributed by atoms with E-state index in [4.69, 9.17) is 14.2 Å². The molecule has 0 aromatic heterocycles. The molecule has 1 saturated heterocycles. The summed E-state index contributed by atoms with van der Waals surface area (Å²) >= 11 is 0. The molecule has 3 atom stereocenters. The number of benzene rings is 2. The largest absolute Gasteiger partial charge is 0.493 e. The van der Waals surface area contributed by atoms with Crippen molar-refractivity contribution < 1.29 is 28.9 Å². The molecule has 2 N–H and O–H groups in total. The van der Waals surface area contributed by atoms with Crippen LogP contribution >= 0.6 is 0 Å². The molecule has 0 radical (unpaired) electrons. The Morgan fingerprint density at radius 2 is 1.74 bits per heavy atom. The van der Waals surface area contributed by atoms with Gasteiger partial charge < -0.3 is 29.5 Å². The molecule has 1 aliphatic carbocycles. The zero-order valence-electron chi connectivity index (χ0n) is 20.8. The van der Waals surface area contributed by atoms with Crippen molar-refractivity contribution in [2.75, 3.05) is 33.2 Å². The van der Waals surface area contributed by atoms with Crippen molar-refractivity contribution in [3.8, 4) is 17.2 Å². The van der Waals surface area contributed by atoms with Crippen molar-refractivity contribution in [2.24, 2.45) is 5.92 Å². The van der Waals surface area contributed by atoms with Gasteiger partial charge in [0.25, 0.3) is 5.91 Å². The molecule has 4 rings (SSSR count). The van der Waals surface area contributed by atoms with Gasteiger partial charge in [0.15, 0.2) is 11.5 Å². The lowest BCUT2D eigenvalue weighted by atomic mass is 9.66. The molecule has 8 heteroatoms. The fourth-order valence-corrected chi connectivity index (χ4v) is 5.69. The van der Waals surface area contributed by atoms with Gasteiger partial charge in [0.1, 0.15) is 0 Å². The number of likely N-dealkylation sites (tertiary alicyclic amines) is 1. The van der Waals surface area contributed by atoms with E-state index in [-0.39, 0.29) is 23.8 Å². The van der Waals surface area contributed by atoms with Gasteiger partial charge in [-0.05, 0) is 55.2 Å². The lowest BCUT2D eigenvalue weighted by Gasteiger charge is -2.52. The highest BCUT2D eigenvalue weighted by Crippen LogP contribution is 2.51. The molecule has 2 amide bonds. The Kier molecular flexibility index (Phi) is 7.21. The number of rotatable bonds is 6. The fourth-order valence-electron chi connectivity index (χ4n) is 5.69. The molecule has 2 aromatic rings. The van der Waals surface area contributed by atoms with E-state index in [0.717, 1.165) is 31.2 Å². The smallest absolute Gasteiger partial charge is 0.254 e. The number of carbonyl (C=O) groups excluding carboxylic acids is 2. The summed E-state index contributed by atoms with van der Waals surface area (Å²) in [5.41, 5.74) is 1.04. The van der Waals surface area contributed by atoms with E-state index >= 15 is 0 Å². The summed E-state index contributed by atoms with van der Waals surface area (Å²) in [6.07, 6.45) is 4.03. The van der Waals surface area contributed by atoms with E-state index in [9.17, 15) is 14.7 Å². The van der Waals surface area contributed by atoms with Crippen LogP contribution in [0.5, 0.6) is 17.2 Å². The van der Waals surface area contributed by atoms with Crippen LogP contribution < -0.4 is 19.5 Å². The Bertz CT molecular complexity index is 1080. The van der Waals surface area contributed by atoms with Crippen LogP contribution in [0.2, 0.25) is 0 Å². The maximum absolute atomic E-state index is 13.9. The number of amides is 2. The molecular formula is C27H34N2O6. The number of nitrogens with one attached hydrogen (secondary N) is 1. The Morgan fingerprint density at radius 3 is 2.37 bits per heavy atom. The summed E-state index contributed by atoms with van der Waals surface area (Å²) in [4.78, 5) is 27.3. The molecular weight excluding hydrogens is 448 g/mol. The van der Waals surface area contributed by atoms with Crippen LogP contribution in [0.1, 0.15) is 61.0 Å². The number of fused-ring (bicyclic) bond motifs is 1. The predicted molar refractivity (Wildman–Crippen MR) is 132 cm³/mol. The average Bonchev–Trinajstić information content (AvgIpc) is 2.86. The van der Waals surface area contributed by atoms with Crippen LogP contribution in [0.25, 0.3) is 0 Å². The van der Waals surface area contributed by atoms with Crippen molar-refractivity contribution in [1.29, 1.82) is 0 Å². The van der Waals surface area contributed by atoms with Gasteiger partial charge in [-0.15, -0.1) is 0 Å². The SMILES string of the molecule is COc1cc(C2C3CCCCC3(O)CCN2C(=O)c2cccc(NC(C)=O)c2)cc(OC)c1OC. The highest BCUT2D eigenvalue weighted by Gasteiger charge is 2.50. The highest BCUT2D eigenvalue weighted by molar-refractivity contribution is 5.97. The number of hydrogen-bond donors (Lipinski definition) is 2. The Hall–Kier alpha value is -3.26. The minimum absolute atomic E-state index is 0.129. The van der Waals surface area contributed by atoms with Gasteiger partial charge in [0.05, 0.1) is 33.0 Å². The number of nitrogens with zero attached hydrogens (tertiary/aromatic N) is 1. The third-order valence-electron chi connectivity index (χ3n) is 7.29. The van der Waals surface area contributed by atoms with Crippen LogP contribution in [-0.2, 0) is 4.79 Å². The number of ether oxygens (including phenoxy) is 3. The summed E-state index contributed by atoms with van der Waals surface area (Å²) in [6.45, 7) is 1.85. The first kappa shape index (κ1) is 24.9. The second-order valence-electron chi connectivity index (χ2n) is 9.37. The zero-order valence-corrected chi connectivity index (χ0v) is 20.8. The van der Waals surface area contributed by atoms with E-state index in [1.165, 1.54) is 6.92 Å². The number of carbonyl (C=O) groups is 2. The van der Waals surface area contributed by atoms with E-state index < -0.39 is 5.60 Å². The summed E-state index contributed by atoms with van der Waals surface area (Å²) in [5, 5.41) is 14.4. The molecule has 8 nitrogen and oxygen atoms in total. The third-order valence-corrected chi connectivity index (χ3v) is 7.29. The topological polar surface area (TPSA) is 97.3 Å². The average molecular weight is 483 g/mol. The van der Waals surface area contributed by atoms with Crippen LogP contribution in [-0.4, -0.2) is 55.3 Å². The van der Waals surface area contributed by atoms with E-state index in [1.54, 1.807) is 45.6 Å². The summed E-state index contributed by atoms with van der Waals surface area (Å²) in [7, 11) is 4.68. The van der Waals surface area contributed by atoms with Crippen LogP contribution in [0.3, 0.4) is 0 Å². The maximum Gasteiger partial charge on any atom is 0.254 e. The van der Waals surface area contributed by atoms with Gasteiger partial charge in [0.2, 0.25) is 11.7 Å². The number of methoxy groups -OCH3 is 3. The van der Waals surface area contributed by atoms with Crippen LogP contribution in [0, 0.1) is 5.92 Å². The van der Waals surface area contributed by atoms with Crippen molar-refractivity contribution in [1.82, 2.24) is 4.90 Å². The lowest BCUT2D eigenvalue weighted by Crippen LogP contribution is -2.56. The van der Waals surface area contributed by atoms with Gasteiger partial charge in [-0.2, -0.15) is 0 Å². The second kappa shape index (κ2) is 10.2. The Balaban J connectivity index is 1.80. The van der Waals surface area contributed by atoms with E-state index in [0.29, 0.717) is 41.5 Å². The summed E-state index contributed by atoms with van der Waals surface area (Å²) < 4.78 is 16.7. The molecule has 2 fully saturated rings. The first-order valence-electron chi connectivity index (χ1n) is 12.0. The molecule has 2 aromatic carbocycles. The van der Waals surface area contributed by atoms with E-state index in [1.807, 2.05) is 17.0 Å². The minimum Gasteiger partial charge on any atom is -0.493 e.